The Balaban J connectivity index is 1.83. The van der Waals surface area contributed by atoms with Gasteiger partial charge in [-0.15, -0.1) is 0 Å². The van der Waals surface area contributed by atoms with E-state index in [0.717, 1.165) is 47.7 Å². The fraction of sp³-hybridized carbons (Fsp3) is 0.647. The van der Waals surface area contributed by atoms with Crippen molar-refractivity contribution < 1.29 is 5.11 Å². The van der Waals surface area contributed by atoms with E-state index in [0.29, 0.717) is 5.92 Å². The van der Waals surface area contributed by atoms with E-state index in [2.05, 4.69) is 50.7 Å². The van der Waals surface area contributed by atoms with Gasteiger partial charge in [0.15, 0.2) is 5.65 Å². The lowest BCUT2D eigenvalue weighted by atomic mass is 9.85. The van der Waals surface area contributed by atoms with Crippen LogP contribution >= 0.6 is 15.9 Å². The quantitative estimate of drug-likeness (QED) is 0.650. The topological polar surface area (TPSA) is 77.7 Å². The first kappa shape index (κ1) is 18.4. The van der Waals surface area contributed by atoms with Crippen molar-refractivity contribution >= 4 is 33.2 Å². The minimum absolute atomic E-state index is 0.226. The molecule has 0 amide bonds. The van der Waals surface area contributed by atoms with Crippen LogP contribution in [0.3, 0.4) is 0 Å². The Morgan fingerprint density at radius 2 is 2.16 bits per heavy atom. The van der Waals surface area contributed by atoms with Gasteiger partial charge >= 0.3 is 0 Å². The zero-order chi connectivity index (χ0) is 17.8. The second-order valence-electron chi connectivity index (χ2n) is 6.96. The number of hydrogen-bond donors (Lipinski definition) is 3. The van der Waals surface area contributed by atoms with Crippen molar-refractivity contribution in [3.8, 4) is 0 Å². The lowest BCUT2D eigenvalue weighted by molar-refractivity contribution is 0.178. The lowest BCUT2D eigenvalue weighted by Crippen LogP contribution is -2.34. The highest BCUT2D eigenvalue weighted by Gasteiger charge is 2.25. The summed E-state index contributed by atoms with van der Waals surface area (Å²) >= 11 is 3.53. The van der Waals surface area contributed by atoms with Crippen LogP contribution in [0, 0.1) is 5.92 Å². The number of aliphatic hydroxyl groups excluding tert-OH is 1. The fourth-order valence-electron chi connectivity index (χ4n) is 3.35. The molecule has 1 aliphatic carbocycles. The molecule has 0 aromatic carbocycles. The molecule has 3 N–H and O–H groups in total. The Bertz CT molecular complexity index is 704. The molecule has 3 rings (SSSR count). The third-order valence-corrected chi connectivity index (χ3v) is 5.33. The first-order valence-electron chi connectivity index (χ1n) is 8.88. The summed E-state index contributed by atoms with van der Waals surface area (Å²) in [6.07, 6.45) is 6.30. The van der Waals surface area contributed by atoms with Crippen molar-refractivity contribution in [3.05, 3.63) is 16.7 Å². The molecule has 1 aliphatic rings. The van der Waals surface area contributed by atoms with E-state index in [1.807, 2.05) is 10.6 Å². The number of rotatable bonds is 7. The van der Waals surface area contributed by atoms with Gasteiger partial charge < -0.3 is 20.6 Å². The highest BCUT2D eigenvalue weighted by atomic mass is 79.9. The lowest BCUT2D eigenvalue weighted by Gasteiger charge is -2.31. The number of nitrogens with zero attached hydrogens (tertiary/aromatic N) is 4. The first-order valence-corrected chi connectivity index (χ1v) is 9.68. The predicted molar refractivity (Wildman–Crippen MR) is 104 cm³/mol. The van der Waals surface area contributed by atoms with Crippen molar-refractivity contribution in [2.75, 3.05) is 44.4 Å². The van der Waals surface area contributed by atoms with Crippen LogP contribution in [0.1, 0.15) is 25.7 Å². The summed E-state index contributed by atoms with van der Waals surface area (Å²) in [5.74, 6) is 2.04. The number of halogens is 1. The highest BCUT2D eigenvalue weighted by Crippen LogP contribution is 2.28. The Kier molecular flexibility index (Phi) is 6.14. The van der Waals surface area contributed by atoms with Gasteiger partial charge in [-0.3, -0.25) is 0 Å². The first-order chi connectivity index (χ1) is 12.1. The maximum Gasteiger partial charge on any atom is 0.173 e. The van der Waals surface area contributed by atoms with Gasteiger partial charge in [0, 0.05) is 37.7 Å². The average molecular weight is 411 g/mol. The summed E-state index contributed by atoms with van der Waals surface area (Å²) < 4.78 is 2.68. The Morgan fingerprint density at radius 1 is 1.36 bits per heavy atom. The van der Waals surface area contributed by atoms with Gasteiger partial charge in [-0.05, 0) is 42.9 Å². The van der Waals surface area contributed by atoms with Gasteiger partial charge in [-0.25, -0.2) is 4.98 Å². The normalized spacial score (nSPS) is 21.0. The molecular formula is C17H27BrN6O. The molecule has 0 unspecified atom stereocenters. The number of aromatic nitrogens is 3. The zero-order valence-corrected chi connectivity index (χ0v) is 16.5. The molecule has 0 bridgehead atoms. The summed E-state index contributed by atoms with van der Waals surface area (Å²) in [6.45, 7) is 1.99. The van der Waals surface area contributed by atoms with Crippen molar-refractivity contribution in [1.29, 1.82) is 0 Å². The maximum absolute atomic E-state index is 9.65. The largest absolute Gasteiger partial charge is 0.396 e. The molecule has 25 heavy (non-hydrogen) atoms. The maximum atomic E-state index is 9.65. The molecule has 2 aromatic rings. The summed E-state index contributed by atoms with van der Waals surface area (Å²) in [5.41, 5.74) is 0.786. The fourth-order valence-corrected chi connectivity index (χ4v) is 3.70. The van der Waals surface area contributed by atoms with Crippen LogP contribution in [-0.4, -0.2) is 64.4 Å². The summed E-state index contributed by atoms with van der Waals surface area (Å²) in [7, 11) is 4.11. The summed E-state index contributed by atoms with van der Waals surface area (Å²) in [6, 6.07) is 2.27. The minimum Gasteiger partial charge on any atom is -0.396 e. The second kappa shape index (κ2) is 8.33. The van der Waals surface area contributed by atoms with E-state index in [1.165, 1.54) is 12.8 Å². The third kappa shape index (κ3) is 4.43. The number of fused-ring (bicyclic) bond motifs is 1. The smallest absolute Gasteiger partial charge is 0.173 e. The van der Waals surface area contributed by atoms with Gasteiger partial charge in [0.05, 0.1) is 10.7 Å². The molecular weight excluding hydrogens is 384 g/mol. The van der Waals surface area contributed by atoms with Crippen LogP contribution in [0.2, 0.25) is 0 Å². The van der Waals surface area contributed by atoms with Crippen molar-refractivity contribution in [1.82, 2.24) is 19.5 Å². The molecule has 2 aromatic heterocycles. The van der Waals surface area contributed by atoms with Crippen molar-refractivity contribution in [2.24, 2.45) is 5.92 Å². The number of aliphatic hydroxyl groups is 1. The predicted octanol–water partition coefficient (Wildman–Crippen LogP) is 2.43. The standard InChI is InChI=1S/C17H27BrN6O/c1-23(2)8-7-19-16-9-15(22-17-13(18)10-20-24(16)17)21-14-6-4-3-5-12(14)11-25/h9-10,12,14,19,25H,3-8,11H2,1-2H3,(H,21,22)/t12-,14-/m0/s1. The molecule has 1 saturated carbocycles. The monoisotopic (exact) mass is 410 g/mol. The summed E-state index contributed by atoms with van der Waals surface area (Å²) in [5, 5.41) is 21.0. The van der Waals surface area contributed by atoms with E-state index in [-0.39, 0.29) is 12.6 Å². The minimum atomic E-state index is 0.226. The number of hydrogen-bond acceptors (Lipinski definition) is 6. The highest BCUT2D eigenvalue weighted by molar-refractivity contribution is 9.10. The Labute approximate surface area is 156 Å². The van der Waals surface area contributed by atoms with Gasteiger partial charge in [-0.1, -0.05) is 12.8 Å². The van der Waals surface area contributed by atoms with Crippen LogP contribution in [-0.2, 0) is 0 Å². The van der Waals surface area contributed by atoms with E-state index in [1.54, 1.807) is 6.20 Å². The van der Waals surface area contributed by atoms with Crippen LogP contribution in [0.4, 0.5) is 11.6 Å². The number of nitrogens with one attached hydrogen (secondary N) is 2. The average Bonchev–Trinajstić information content (AvgIpc) is 2.96. The van der Waals surface area contributed by atoms with Crippen molar-refractivity contribution in [2.45, 2.75) is 31.7 Å². The van der Waals surface area contributed by atoms with Gasteiger partial charge in [-0.2, -0.15) is 9.61 Å². The molecule has 1 fully saturated rings. The molecule has 2 atom stereocenters. The van der Waals surface area contributed by atoms with Crippen LogP contribution in [0.15, 0.2) is 16.7 Å². The molecule has 7 nitrogen and oxygen atoms in total. The molecule has 8 heteroatoms. The van der Waals surface area contributed by atoms with Crippen LogP contribution in [0.25, 0.3) is 5.65 Å². The summed E-state index contributed by atoms with van der Waals surface area (Å²) in [4.78, 5) is 6.85. The van der Waals surface area contributed by atoms with Gasteiger partial charge in [0.1, 0.15) is 11.6 Å². The molecule has 0 aliphatic heterocycles. The van der Waals surface area contributed by atoms with Crippen LogP contribution < -0.4 is 10.6 Å². The Hall–Kier alpha value is -1.38. The second-order valence-corrected chi connectivity index (χ2v) is 7.82. The van der Waals surface area contributed by atoms with E-state index in [9.17, 15) is 5.11 Å². The number of likely N-dealkylation sites (N-methyl/N-ethyl adjacent to an activating group) is 1. The SMILES string of the molecule is CN(C)CCNc1cc(N[C@H]2CCCC[C@H]2CO)nc2c(Br)cnn12. The van der Waals surface area contributed by atoms with E-state index < -0.39 is 0 Å². The molecule has 0 spiro atoms. The molecule has 0 radical (unpaired) electrons. The van der Waals surface area contributed by atoms with Crippen molar-refractivity contribution in [3.63, 3.8) is 0 Å². The van der Waals surface area contributed by atoms with E-state index >= 15 is 0 Å². The molecule has 0 saturated heterocycles. The Morgan fingerprint density at radius 3 is 2.92 bits per heavy atom. The zero-order valence-electron chi connectivity index (χ0n) is 14.9. The van der Waals surface area contributed by atoms with Gasteiger partial charge in [0.2, 0.25) is 0 Å². The van der Waals surface area contributed by atoms with Gasteiger partial charge in [0.25, 0.3) is 0 Å². The van der Waals surface area contributed by atoms with E-state index in [4.69, 9.17) is 4.98 Å². The molecule has 2 heterocycles. The number of anilines is 2. The third-order valence-electron chi connectivity index (χ3n) is 4.77. The molecule has 138 valence electrons. The van der Waals surface area contributed by atoms with Crippen LogP contribution in [0.5, 0.6) is 0 Å².